The van der Waals surface area contributed by atoms with Crippen LogP contribution in [0.3, 0.4) is 0 Å². The van der Waals surface area contributed by atoms with E-state index in [4.69, 9.17) is 10.5 Å². The fourth-order valence-corrected chi connectivity index (χ4v) is 3.06. The molecule has 0 unspecified atom stereocenters. The molecular weight excluding hydrogens is 190 g/mol. The Hall–Kier alpha value is -0.570. The van der Waals surface area contributed by atoms with Gasteiger partial charge in [-0.15, -0.1) is 0 Å². The maximum atomic E-state index is 11.2. The predicted octanol–water partition coefficient (Wildman–Crippen LogP) is 2.09. The van der Waals surface area contributed by atoms with Gasteiger partial charge in [0.05, 0.1) is 6.54 Å². The Kier molecular flexibility index (Phi) is 3.44. The summed E-state index contributed by atoms with van der Waals surface area (Å²) in [6.45, 7) is 8.92. The van der Waals surface area contributed by atoms with Crippen molar-refractivity contribution in [2.75, 3.05) is 6.54 Å². The smallest absolute Gasteiger partial charge is 0.319 e. The molecule has 1 aliphatic carbocycles. The number of esters is 1. The number of nitrogens with two attached hydrogens (primary N) is 1. The van der Waals surface area contributed by atoms with E-state index in [1.165, 1.54) is 6.42 Å². The summed E-state index contributed by atoms with van der Waals surface area (Å²) in [6.07, 6.45) is 3.11. The van der Waals surface area contributed by atoms with Crippen molar-refractivity contribution in [2.24, 2.45) is 16.6 Å². The second kappa shape index (κ2) is 4.12. The van der Waals surface area contributed by atoms with Gasteiger partial charge in [0.25, 0.3) is 0 Å². The zero-order valence-corrected chi connectivity index (χ0v) is 10.3. The molecule has 3 nitrogen and oxygen atoms in total. The van der Waals surface area contributed by atoms with Crippen molar-refractivity contribution in [3.05, 3.63) is 0 Å². The summed E-state index contributed by atoms with van der Waals surface area (Å²) in [7, 11) is 0. The summed E-state index contributed by atoms with van der Waals surface area (Å²) in [4.78, 5) is 11.2. The third-order valence-corrected chi connectivity index (χ3v) is 2.98. The molecule has 1 rings (SSSR count). The number of hydrogen-bond donors (Lipinski definition) is 1. The number of rotatable bonds is 2. The van der Waals surface area contributed by atoms with Gasteiger partial charge >= 0.3 is 5.97 Å². The largest absolute Gasteiger partial charge is 0.461 e. The Bertz CT molecular complexity index is 230. The van der Waals surface area contributed by atoms with Gasteiger partial charge in [-0.05, 0) is 30.1 Å². The third-order valence-electron chi connectivity index (χ3n) is 2.98. The lowest BCUT2D eigenvalue weighted by Crippen LogP contribution is -2.39. The Morgan fingerprint density at radius 2 is 1.73 bits per heavy atom. The molecule has 0 aliphatic heterocycles. The maximum Gasteiger partial charge on any atom is 0.319 e. The zero-order valence-electron chi connectivity index (χ0n) is 10.3. The second-order valence-electron chi connectivity index (χ2n) is 6.23. The van der Waals surface area contributed by atoms with Gasteiger partial charge in [0.2, 0.25) is 0 Å². The summed E-state index contributed by atoms with van der Waals surface area (Å²) in [5, 5.41) is 0. The number of hydrogen-bond acceptors (Lipinski definition) is 3. The number of ether oxygens (including phenoxy) is 1. The summed E-state index contributed by atoms with van der Waals surface area (Å²) < 4.78 is 5.35. The first-order chi connectivity index (χ1) is 6.74. The summed E-state index contributed by atoms with van der Waals surface area (Å²) in [5.41, 5.74) is 5.75. The molecule has 0 radical (unpaired) electrons. The van der Waals surface area contributed by atoms with Crippen LogP contribution in [-0.4, -0.2) is 18.6 Å². The van der Waals surface area contributed by atoms with Crippen molar-refractivity contribution in [1.82, 2.24) is 0 Å². The molecular formula is C12H23NO2. The van der Waals surface area contributed by atoms with Crippen LogP contribution in [0.2, 0.25) is 0 Å². The molecule has 0 aromatic carbocycles. The summed E-state index contributed by atoms with van der Waals surface area (Å²) >= 11 is 0. The van der Waals surface area contributed by atoms with Gasteiger partial charge in [-0.3, -0.25) is 4.79 Å². The molecule has 2 N–H and O–H groups in total. The second-order valence-corrected chi connectivity index (χ2v) is 6.23. The molecule has 0 aromatic rings. The van der Waals surface area contributed by atoms with Crippen LogP contribution in [0, 0.1) is 10.8 Å². The highest BCUT2D eigenvalue weighted by Gasteiger charge is 2.39. The Morgan fingerprint density at radius 3 is 2.13 bits per heavy atom. The SMILES string of the molecule is CC1(C)CC(OC(=O)CN)CC(C)(C)C1. The van der Waals surface area contributed by atoms with Crippen LogP contribution < -0.4 is 5.73 Å². The molecule has 0 amide bonds. The Labute approximate surface area is 92.4 Å². The first-order valence-electron chi connectivity index (χ1n) is 5.64. The number of carbonyl (C=O) groups excluding carboxylic acids is 1. The van der Waals surface area contributed by atoms with Gasteiger partial charge in [-0.1, -0.05) is 27.7 Å². The molecule has 1 fully saturated rings. The molecule has 0 spiro atoms. The average molecular weight is 213 g/mol. The van der Waals surface area contributed by atoms with Crippen LogP contribution in [0.4, 0.5) is 0 Å². The van der Waals surface area contributed by atoms with E-state index in [0.717, 1.165) is 12.8 Å². The van der Waals surface area contributed by atoms with Crippen molar-refractivity contribution < 1.29 is 9.53 Å². The molecule has 3 heteroatoms. The van der Waals surface area contributed by atoms with Gasteiger partial charge in [0, 0.05) is 0 Å². The zero-order chi connectivity index (χ0) is 11.7. The fourth-order valence-electron chi connectivity index (χ4n) is 3.06. The maximum absolute atomic E-state index is 11.2. The normalized spacial score (nSPS) is 24.9. The van der Waals surface area contributed by atoms with Gasteiger partial charge in [-0.2, -0.15) is 0 Å². The minimum atomic E-state index is -0.284. The van der Waals surface area contributed by atoms with Gasteiger partial charge < -0.3 is 10.5 Å². The van der Waals surface area contributed by atoms with E-state index in [0.29, 0.717) is 0 Å². The molecule has 0 bridgehead atoms. The van der Waals surface area contributed by atoms with Crippen molar-refractivity contribution in [3.63, 3.8) is 0 Å². The fraction of sp³-hybridized carbons (Fsp3) is 0.917. The molecule has 0 heterocycles. The lowest BCUT2D eigenvalue weighted by atomic mass is 9.64. The van der Waals surface area contributed by atoms with Crippen molar-refractivity contribution in [3.8, 4) is 0 Å². The van der Waals surface area contributed by atoms with Crippen LogP contribution in [0.5, 0.6) is 0 Å². The lowest BCUT2D eigenvalue weighted by Gasteiger charge is -2.44. The van der Waals surface area contributed by atoms with Gasteiger partial charge in [0.1, 0.15) is 6.10 Å². The highest BCUT2D eigenvalue weighted by Crippen LogP contribution is 2.46. The molecule has 0 saturated heterocycles. The Balaban J connectivity index is 2.63. The Morgan fingerprint density at radius 1 is 1.27 bits per heavy atom. The highest BCUT2D eigenvalue weighted by atomic mass is 16.5. The summed E-state index contributed by atoms with van der Waals surface area (Å²) in [6, 6.07) is 0. The van der Waals surface area contributed by atoms with Crippen LogP contribution in [-0.2, 0) is 9.53 Å². The summed E-state index contributed by atoms with van der Waals surface area (Å²) in [5.74, 6) is -0.284. The van der Waals surface area contributed by atoms with Crippen LogP contribution in [0.15, 0.2) is 0 Å². The van der Waals surface area contributed by atoms with E-state index in [1.807, 2.05) is 0 Å². The monoisotopic (exact) mass is 213 g/mol. The molecule has 1 saturated carbocycles. The van der Waals surface area contributed by atoms with Crippen molar-refractivity contribution >= 4 is 5.97 Å². The average Bonchev–Trinajstić information content (AvgIpc) is 1.97. The molecule has 0 aromatic heterocycles. The highest BCUT2D eigenvalue weighted by molar-refractivity contribution is 5.71. The van der Waals surface area contributed by atoms with E-state index < -0.39 is 0 Å². The molecule has 88 valence electrons. The quantitative estimate of drug-likeness (QED) is 0.715. The van der Waals surface area contributed by atoms with E-state index in [2.05, 4.69) is 27.7 Å². The van der Waals surface area contributed by atoms with Crippen LogP contribution in [0.1, 0.15) is 47.0 Å². The van der Waals surface area contributed by atoms with E-state index >= 15 is 0 Å². The molecule has 15 heavy (non-hydrogen) atoms. The van der Waals surface area contributed by atoms with Crippen LogP contribution >= 0.6 is 0 Å². The third kappa shape index (κ3) is 3.82. The standard InChI is InChI=1S/C12H23NO2/c1-11(2)5-9(15-10(14)7-13)6-12(3,4)8-11/h9H,5-8,13H2,1-4H3. The van der Waals surface area contributed by atoms with Crippen LogP contribution in [0.25, 0.3) is 0 Å². The molecule has 0 atom stereocenters. The topological polar surface area (TPSA) is 52.3 Å². The first-order valence-corrected chi connectivity index (χ1v) is 5.64. The first kappa shape index (κ1) is 12.5. The van der Waals surface area contributed by atoms with Crippen molar-refractivity contribution in [2.45, 2.75) is 53.1 Å². The van der Waals surface area contributed by atoms with Crippen molar-refractivity contribution in [1.29, 1.82) is 0 Å². The van der Waals surface area contributed by atoms with E-state index in [9.17, 15) is 4.79 Å². The van der Waals surface area contributed by atoms with Gasteiger partial charge in [-0.25, -0.2) is 0 Å². The predicted molar refractivity (Wildman–Crippen MR) is 60.3 cm³/mol. The van der Waals surface area contributed by atoms with Gasteiger partial charge in [0.15, 0.2) is 0 Å². The minimum absolute atomic E-state index is 0.0165. The molecule has 1 aliphatic rings. The lowest BCUT2D eigenvalue weighted by molar-refractivity contribution is -0.153. The number of carbonyl (C=O) groups is 1. The van der Waals surface area contributed by atoms with E-state index in [-0.39, 0.29) is 29.4 Å². The van der Waals surface area contributed by atoms with E-state index in [1.54, 1.807) is 0 Å². The minimum Gasteiger partial charge on any atom is -0.461 e.